The van der Waals surface area contributed by atoms with Crippen LogP contribution in [0, 0.1) is 0 Å². The number of quaternary nitrogens is 1. The highest BCUT2D eigenvalue weighted by Gasteiger charge is 2.22. The van der Waals surface area contributed by atoms with Crippen molar-refractivity contribution in [2.24, 2.45) is 0 Å². The summed E-state index contributed by atoms with van der Waals surface area (Å²) in [6.45, 7) is 4.29. The van der Waals surface area contributed by atoms with E-state index < -0.39 is 26.5 Å². The summed E-state index contributed by atoms with van der Waals surface area (Å²) in [6, 6.07) is 0. The zero-order chi connectivity index (χ0) is 74.0. The maximum atomic E-state index is 12.9. The number of esters is 2. The lowest BCUT2D eigenvalue weighted by Crippen LogP contribution is -2.37. The second kappa shape index (κ2) is 82.5. The molecule has 0 saturated carbocycles. The molecule has 0 aliphatic rings. The fraction of sp³-hybridized carbons (Fsp3) is 0.848. The van der Waals surface area contributed by atoms with E-state index in [2.05, 4.69) is 86.8 Å². The van der Waals surface area contributed by atoms with Gasteiger partial charge >= 0.3 is 11.9 Å². The Kier molecular flexibility index (Phi) is 80.4. The topological polar surface area (TPSA) is 111 Å². The maximum Gasteiger partial charge on any atom is 0.306 e. The Morgan fingerprint density at radius 1 is 0.304 bits per heavy atom. The third-order valence-corrected chi connectivity index (χ3v) is 21.2. The summed E-state index contributed by atoms with van der Waals surface area (Å²) in [5.74, 6) is -0.808. The number of allylic oxidation sites excluding steroid dienone is 12. The number of carbonyl (C=O) groups is 2. The Bertz CT molecular complexity index is 1950. The SMILES string of the molecule is CCCCCCC/C=C\C/C=C\C/C=C\CCCCCCCCCCCCCCCCCCCCCCCCCCC(=O)OCC(COP(=O)([O-])OCC[N+](C)(C)C)OC(=O)CCCCCCCCCCCCCCCCCCCCCCCCCC/C=C\C/C=C\C/C=C\CCCCCCC. The van der Waals surface area contributed by atoms with Gasteiger partial charge < -0.3 is 27.9 Å². The van der Waals surface area contributed by atoms with Crippen molar-refractivity contribution < 1.29 is 42.1 Å². The molecule has 0 aliphatic carbocycles. The van der Waals surface area contributed by atoms with Crippen LogP contribution in [0.4, 0.5) is 0 Å². The lowest BCUT2D eigenvalue weighted by atomic mass is 10.0. The third-order valence-electron chi connectivity index (χ3n) is 20.2. The van der Waals surface area contributed by atoms with Gasteiger partial charge in [0.15, 0.2) is 6.10 Å². The number of unbranched alkanes of at least 4 members (excludes halogenated alkanes) is 58. The molecule has 2 unspecified atom stereocenters. The second-order valence-corrected chi connectivity index (χ2v) is 33.0. The molecule has 0 saturated heterocycles. The number of carbonyl (C=O) groups excluding carboxylic acids is 2. The highest BCUT2D eigenvalue weighted by molar-refractivity contribution is 7.45. The molecule has 102 heavy (non-hydrogen) atoms. The second-order valence-electron chi connectivity index (χ2n) is 31.6. The predicted molar refractivity (Wildman–Crippen MR) is 443 cm³/mol. The van der Waals surface area contributed by atoms with E-state index in [1.807, 2.05) is 21.1 Å². The molecule has 9 nitrogen and oxygen atoms in total. The first-order chi connectivity index (χ1) is 50.0. The normalized spacial score (nSPS) is 13.3. The van der Waals surface area contributed by atoms with Gasteiger partial charge in [0.2, 0.25) is 0 Å². The first-order valence-corrected chi connectivity index (χ1v) is 46.1. The Morgan fingerprint density at radius 2 is 0.529 bits per heavy atom. The van der Waals surface area contributed by atoms with E-state index >= 15 is 0 Å². The molecule has 0 aromatic carbocycles. The molecule has 0 amide bonds. The molecule has 0 spiro atoms. The van der Waals surface area contributed by atoms with Gasteiger partial charge in [-0.3, -0.25) is 14.2 Å². The van der Waals surface area contributed by atoms with Crippen LogP contribution >= 0.6 is 7.82 Å². The predicted octanol–water partition coefficient (Wildman–Crippen LogP) is 29.6. The van der Waals surface area contributed by atoms with Crippen LogP contribution in [0.5, 0.6) is 0 Å². The molecule has 10 heteroatoms. The summed E-state index contributed by atoms with van der Waals surface area (Å²) in [7, 11) is 1.19. The largest absolute Gasteiger partial charge is 0.756 e. The van der Waals surface area contributed by atoms with Gasteiger partial charge in [0.25, 0.3) is 7.82 Å². The Hall–Kier alpha value is -2.55. The van der Waals surface area contributed by atoms with Gasteiger partial charge in [-0.05, 0) is 89.9 Å². The van der Waals surface area contributed by atoms with Gasteiger partial charge in [-0.15, -0.1) is 0 Å². The summed E-state index contributed by atoms with van der Waals surface area (Å²) in [4.78, 5) is 38.3. The van der Waals surface area contributed by atoms with E-state index in [-0.39, 0.29) is 32.0 Å². The Morgan fingerprint density at radius 3 is 0.784 bits per heavy atom. The van der Waals surface area contributed by atoms with Gasteiger partial charge in [0, 0.05) is 12.8 Å². The zero-order valence-electron chi connectivity index (χ0n) is 68.6. The van der Waals surface area contributed by atoms with E-state index in [1.54, 1.807) is 0 Å². The van der Waals surface area contributed by atoms with E-state index in [0.29, 0.717) is 17.4 Å². The van der Waals surface area contributed by atoms with Crippen molar-refractivity contribution in [3.8, 4) is 0 Å². The molecule has 0 aliphatic heterocycles. The fourth-order valence-corrected chi connectivity index (χ4v) is 14.1. The lowest BCUT2D eigenvalue weighted by molar-refractivity contribution is -0.870. The fourth-order valence-electron chi connectivity index (χ4n) is 13.4. The molecule has 0 N–H and O–H groups in total. The van der Waals surface area contributed by atoms with Crippen molar-refractivity contribution in [2.45, 2.75) is 457 Å². The molecule has 0 aromatic rings. The summed E-state index contributed by atoms with van der Waals surface area (Å²) in [5, 5.41) is 0. The van der Waals surface area contributed by atoms with Gasteiger partial charge in [-0.2, -0.15) is 0 Å². The summed E-state index contributed by atoms with van der Waals surface area (Å²) < 4.78 is 34.5. The van der Waals surface area contributed by atoms with Crippen molar-refractivity contribution in [1.82, 2.24) is 0 Å². The van der Waals surface area contributed by atoms with Crippen LogP contribution in [0.15, 0.2) is 72.9 Å². The Labute approximate surface area is 635 Å². The van der Waals surface area contributed by atoms with E-state index in [1.165, 1.54) is 360 Å². The number of hydrogen-bond acceptors (Lipinski definition) is 8. The standard InChI is InChI=1S/C92H172NO8P/c1-6-8-10-12-14-16-18-20-22-24-26-28-30-32-34-36-38-40-42-44-46-48-50-52-54-56-58-60-62-64-66-68-70-72-74-76-78-80-82-84-91(94)98-88-90(89-100-102(96,97)99-87-86-93(3,4)5)101-92(95)85-83-81-79-77-75-73-71-69-67-65-63-61-59-57-55-53-51-49-47-45-43-41-39-37-35-33-31-29-27-25-23-21-19-17-15-13-11-9-7-2/h18-21,24-27,30-33,90H,6-17,22-23,28-29,34-89H2,1-5H3/b20-18-,21-19-,26-24-,27-25-,32-30-,33-31-. The van der Waals surface area contributed by atoms with E-state index in [9.17, 15) is 19.0 Å². The minimum absolute atomic E-state index is 0.0285. The van der Waals surface area contributed by atoms with Crippen molar-refractivity contribution in [1.29, 1.82) is 0 Å². The van der Waals surface area contributed by atoms with Gasteiger partial charge in [-0.25, -0.2) is 0 Å². The van der Waals surface area contributed by atoms with Crippen molar-refractivity contribution >= 4 is 19.8 Å². The number of ether oxygens (including phenoxy) is 2. The quantitative estimate of drug-likeness (QED) is 0.0195. The molecule has 0 heterocycles. The monoisotopic (exact) mass is 1450 g/mol. The number of hydrogen-bond donors (Lipinski definition) is 0. The summed E-state index contributed by atoms with van der Waals surface area (Å²) >= 11 is 0. The van der Waals surface area contributed by atoms with Crippen LogP contribution in [0.25, 0.3) is 0 Å². The number of phosphoric acid groups is 1. The smallest absolute Gasteiger partial charge is 0.306 e. The highest BCUT2D eigenvalue weighted by Crippen LogP contribution is 2.38. The Balaban J connectivity index is 3.86. The van der Waals surface area contributed by atoms with E-state index in [0.717, 1.165) is 57.8 Å². The minimum atomic E-state index is -4.65. The minimum Gasteiger partial charge on any atom is -0.756 e. The molecule has 0 rings (SSSR count). The zero-order valence-corrected chi connectivity index (χ0v) is 69.5. The maximum absolute atomic E-state index is 12.9. The molecule has 0 bridgehead atoms. The lowest BCUT2D eigenvalue weighted by Gasteiger charge is -2.28. The number of likely N-dealkylation sites (N-methyl/N-ethyl adjacent to an activating group) is 1. The molecule has 0 fully saturated rings. The van der Waals surface area contributed by atoms with Crippen LogP contribution in [-0.2, 0) is 32.7 Å². The first-order valence-electron chi connectivity index (χ1n) is 44.6. The van der Waals surface area contributed by atoms with E-state index in [4.69, 9.17) is 18.5 Å². The van der Waals surface area contributed by atoms with Gasteiger partial charge in [0.1, 0.15) is 19.8 Å². The van der Waals surface area contributed by atoms with Gasteiger partial charge in [-0.1, -0.05) is 421 Å². The van der Waals surface area contributed by atoms with Crippen LogP contribution in [0.2, 0.25) is 0 Å². The first kappa shape index (κ1) is 99.5. The van der Waals surface area contributed by atoms with Crippen LogP contribution in [0.3, 0.4) is 0 Å². The molecule has 0 radical (unpaired) electrons. The third kappa shape index (κ3) is 86.4. The number of rotatable bonds is 84. The molecular formula is C92H172NO8P. The number of nitrogens with zero attached hydrogens (tertiary/aromatic N) is 1. The van der Waals surface area contributed by atoms with Crippen LogP contribution in [-0.4, -0.2) is 70.0 Å². The molecule has 598 valence electrons. The average molecular weight is 1450 g/mol. The highest BCUT2D eigenvalue weighted by atomic mass is 31.2. The molecule has 0 aromatic heterocycles. The van der Waals surface area contributed by atoms with Crippen molar-refractivity contribution in [3.05, 3.63) is 72.9 Å². The summed E-state index contributed by atoms with van der Waals surface area (Å²) in [6.07, 6.45) is 114. The van der Waals surface area contributed by atoms with Crippen molar-refractivity contribution in [2.75, 3.05) is 47.5 Å². The van der Waals surface area contributed by atoms with Crippen LogP contribution < -0.4 is 4.89 Å². The summed E-state index contributed by atoms with van der Waals surface area (Å²) in [5.41, 5.74) is 0. The molecular weight excluding hydrogens is 1280 g/mol. The van der Waals surface area contributed by atoms with Crippen LogP contribution in [0.1, 0.15) is 450 Å². The molecule has 2 atom stereocenters. The van der Waals surface area contributed by atoms with Crippen molar-refractivity contribution in [3.63, 3.8) is 0 Å². The number of phosphoric ester groups is 1. The van der Waals surface area contributed by atoms with Gasteiger partial charge in [0.05, 0.1) is 27.7 Å². The average Bonchev–Trinajstić information content (AvgIpc) is 0.935.